The van der Waals surface area contributed by atoms with Crippen LogP contribution in [0.3, 0.4) is 0 Å². The first-order valence-corrected chi connectivity index (χ1v) is 9.22. The maximum absolute atomic E-state index is 12.6. The summed E-state index contributed by atoms with van der Waals surface area (Å²) in [6.45, 7) is -3.60. The van der Waals surface area contributed by atoms with E-state index >= 15 is 0 Å². The molecule has 2 aromatic rings. The highest BCUT2D eigenvalue weighted by molar-refractivity contribution is 6.02. The molecule has 0 saturated carbocycles. The van der Waals surface area contributed by atoms with Gasteiger partial charge in [0.25, 0.3) is 0 Å². The molecule has 1 aromatic carbocycles. The van der Waals surface area contributed by atoms with Crippen molar-refractivity contribution in [2.45, 2.75) is 13.2 Å². The molecule has 1 aliphatic heterocycles. The minimum Gasteiger partial charge on any atom is -0.435 e. The zero-order valence-corrected chi connectivity index (χ0v) is 16.1. The van der Waals surface area contributed by atoms with E-state index in [1.54, 1.807) is 12.1 Å². The number of rotatable bonds is 8. The molecule has 31 heavy (non-hydrogen) atoms. The molecule has 0 atom stereocenters. The number of aromatic nitrogens is 1. The minimum absolute atomic E-state index is 0.0813. The summed E-state index contributed by atoms with van der Waals surface area (Å²) in [5.41, 5.74) is 0.522. The number of morpholine rings is 1. The quantitative estimate of drug-likeness (QED) is 0.497. The topological polar surface area (TPSA) is 72.9 Å². The van der Waals surface area contributed by atoms with Crippen LogP contribution in [-0.4, -0.2) is 50.4 Å². The van der Waals surface area contributed by atoms with Gasteiger partial charge in [-0.3, -0.25) is 4.79 Å². The van der Waals surface area contributed by atoms with E-state index in [9.17, 15) is 22.4 Å². The number of carbonyl (C=O) groups is 1. The number of hydrogen-bond acceptors (Lipinski definition) is 6. The lowest BCUT2D eigenvalue weighted by molar-refractivity contribution is -0.111. The van der Waals surface area contributed by atoms with Gasteiger partial charge in [-0.15, -0.1) is 0 Å². The van der Waals surface area contributed by atoms with E-state index in [1.807, 2.05) is 0 Å². The first-order valence-electron chi connectivity index (χ1n) is 9.22. The van der Waals surface area contributed by atoms with Gasteiger partial charge in [0.15, 0.2) is 0 Å². The standard InChI is InChI=1S/C20H19F4N3O4/c21-19(22)30-15-4-1-13(16(11-15)31-20(23)24)2-6-18(28)26-14-3-5-17(25-12-14)27-7-9-29-10-8-27/h1-6,11-12,19-20H,7-10H2,(H,26,28)/b6-2+. The minimum atomic E-state index is -3.18. The van der Waals surface area contributed by atoms with Gasteiger partial charge in [-0.05, 0) is 30.3 Å². The Morgan fingerprint density at radius 3 is 2.48 bits per heavy atom. The number of carbonyl (C=O) groups excluding carboxylic acids is 1. The van der Waals surface area contributed by atoms with Crippen molar-refractivity contribution in [1.29, 1.82) is 0 Å². The van der Waals surface area contributed by atoms with E-state index in [-0.39, 0.29) is 11.3 Å². The molecule has 0 aliphatic carbocycles. The van der Waals surface area contributed by atoms with Gasteiger partial charge in [0.05, 0.1) is 25.1 Å². The van der Waals surface area contributed by atoms with Crippen LogP contribution in [-0.2, 0) is 9.53 Å². The Labute approximate surface area is 175 Å². The van der Waals surface area contributed by atoms with Crippen LogP contribution in [0.4, 0.5) is 29.1 Å². The zero-order chi connectivity index (χ0) is 22.2. The monoisotopic (exact) mass is 441 g/mol. The highest BCUT2D eigenvalue weighted by Crippen LogP contribution is 2.28. The number of ether oxygens (including phenoxy) is 3. The van der Waals surface area contributed by atoms with Crippen LogP contribution < -0.4 is 19.7 Å². The molecule has 1 saturated heterocycles. The second kappa shape index (κ2) is 10.6. The molecule has 0 bridgehead atoms. The summed E-state index contributed by atoms with van der Waals surface area (Å²) in [4.78, 5) is 18.5. The van der Waals surface area contributed by atoms with Gasteiger partial charge in [0.2, 0.25) is 5.91 Å². The van der Waals surface area contributed by atoms with Crippen LogP contribution in [0.2, 0.25) is 0 Å². The molecule has 1 aliphatic rings. The van der Waals surface area contributed by atoms with Crippen molar-refractivity contribution in [1.82, 2.24) is 4.98 Å². The Morgan fingerprint density at radius 1 is 1.10 bits per heavy atom. The van der Waals surface area contributed by atoms with Crippen LogP contribution >= 0.6 is 0 Å². The maximum Gasteiger partial charge on any atom is 0.387 e. The smallest absolute Gasteiger partial charge is 0.387 e. The maximum atomic E-state index is 12.6. The predicted molar refractivity (Wildman–Crippen MR) is 105 cm³/mol. The van der Waals surface area contributed by atoms with E-state index in [4.69, 9.17) is 4.74 Å². The van der Waals surface area contributed by atoms with Crippen molar-refractivity contribution in [3.8, 4) is 11.5 Å². The van der Waals surface area contributed by atoms with Crippen molar-refractivity contribution in [2.75, 3.05) is 36.5 Å². The third kappa shape index (κ3) is 6.85. The van der Waals surface area contributed by atoms with Crippen molar-refractivity contribution >= 4 is 23.5 Å². The lowest BCUT2D eigenvalue weighted by Crippen LogP contribution is -2.36. The predicted octanol–water partition coefficient (Wildman–Crippen LogP) is 3.77. The van der Waals surface area contributed by atoms with Gasteiger partial charge in [-0.1, -0.05) is 0 Å². The van der Waals surface area contributed by atoms with Crippen LogP contribution in [0.15, 0.2) is 42.6 Å². The van der Waals surface area contributed by atoms with Crippen LogP contribution in [0.1, 0.15) is 5.56 Å². The third-order valence-corrected chi connectivity index (χ3v) is 4.19. The Kier molecular flexibility index (Phi) is 7.65. The SMILES string of the molecule is O=C(/C=C/c1ccc(OC(F)F)cc1OC(F)F)Nc1ccc(N2CCOCC2)nc1. The number of amides is 1. The number of halogens is 4. The molecule has 7 nitrogen and oxygen atoms in total. The number of benzene rings is 1. The molecule has 1 amide bonds. The van der Waals surface area contributed by atoms with E-state index in [2.05, 4.69) is 24.7 Å². The Balaban J connectivity index is 1.64. The summed E-state index contributed by atoms with van der Waals surface area (Å²) in [6.07, 6.45) is 3.81. The summed E-state index contributed by atoms with van der Waals surface area (Å²) in [6, 6.07) is 6.71. The lowest BCUT2D eigenvalue weighted by atomic mass is 10.1. The van der Waals surface area contributed by atoms with E-state index < -0.39 is 24.9 Å². The fraction of sp³-hybridized carbons (Fsp3) is 0.300. The Bertz CT molecular complexity index is 904. The molecule has 1 aromatic heterocycles. The van der Waals surface area contributed by atoms with Crippen molar-refractivity contribution < 1.29 is 36.6 Å². The van der Waals surface area contributed by atoms with E-state index in [0.29, 0.717) is 18.9 Å². The summed E-state index contributed by atoms with van der Waals surface area (Å²) in [5.74, 6) is -0.541. The normalized spacial score (nSPS) is 14.3. The highest BCUT2D eigenvalue weighted by Gasteiger charge is 2.14. The largest absolute Gasteiger partial charge is 0.435 e. The van der Waals surface area contributed by atoms with Crippen molar-refractivity contribution in [3.05, 3.63) is 48.2 Å². The summed E-state index contributed by atoms with van der Waals surface area (Å²) in [5, 5.41) is 2.60. The summed E-state index contributed by atoms with van der Waals surface area (Å²) in [7, 11) is 0. The van der Waals surface area contributed by atoms with E-state index in [1.165, 1.54) is 18.3 Å². The van der Waals surface area contributed by atoms with Crippen molar-refractivity contribution in [2.24, 2.45) is 0 Å². The Hall–Kier alpha value is -3.34. The average Bonchev–Trinajstić information content (AvgIpc) is 2.73. The zero-order valence-electron chi connectivity index (χ0n) is 16.1. The number of anilines is 2. The molecule has 3 rings (SSSR count). The van der Waals surface area contributed by atoms with Gasteiger partial charge in [0.1, 0.15) is 17.3 Å². The second-order valence-corrected chi connectivity index (χ2v) is 6.28. The second-order valence-electron chi connectivity index (χ2n) is 6.28. The molecule has 166 valence electrons. The number of nitrogens with zero attached hydrogens (tertiary/aromatic N) is 2. The highest BCUT2D eigenvalue weighted by atomic mass is 19.3. The number of nitrogens with one attached hydrogen (secondary N) is 1. The first kappa shape index (κ1) is 22.3. The molecule has 11 heteroatoms. The summed E-state index contributed by atoms with van der Waals surface area (Å²) < 4.78 is 63.6. The number of hydrogen-bond donors (Lipinski definition) is 1. The van der Waals surface area contributed by atoms with E-state index in [0.717, 1.165) is 37.1 Å². The molecular formula is C20H19F4N3O4. The van der Waals surface area contributed by atoms with Crippen LogP contribution in [0.5, 0.6) is 11.5 Å². The van der Waals surface area contributed by atoms with Crippen LogP contribution in [0.25, 0.3) is 6.08 Å². The average molecular weight is 441 g/mol. The van der Waals surface area contributed by atoms with Crippen LogP contribution in [0, 0.1) is 0 Å². The first-order chi connectivity index (χ1) is 14.9. The van der Waals surface area contributed by atoms with Crippen molar-refractivity contribution in [3.63, 3.8) is 0 Å². The number of alkyl halides is 4. The number of pyridine rings is 1. The Morgan fingerprint density at radius 2 is 1.84 bits per heavy atom. The van der Waals surface area contributed by atoms with Gasteiger partial charge in [-0.25, -0.2) is 4.98 Å². The molecular weight excluding hydrogens is 422 g/mol. The lowest BCUT2D eigenvalue weighted by Gasteiger charge is -2.27. The molecule has 1 fully saturated rings. The third-order valence-electron chi connectivity index (χ3n) is 4.19. The fourth-order valence-electron chi connectivity index (χ4n) is 2.82. The molecule has 1 N–H and O–H groups in total. The molecule has 0 unspecified atom stereocenters. The van der Waals surface area contributed by atoms with Gasteiger partial charge in [0, 0.05) is 30.8 Å². The fourth-order valence-corrected chi connectivity index (χ4v) is 2.82. The van der Waals surface area contributed by atoms with Gasteiger partial charge in [-0.2, -0.15) is 17.6 Å². The van der Waals surface area contributed by atoms with Gasteiger partial charge >= 0.3 is 13.2 Å². The molecule has 2 heterocycles. The molecule has 0 radical (unpaired) electrons. The van der Waals surface area contributed by atoms with Gasteiger partial charge < -0.3 is 24.4 Å². The molecule has 0 spiro atoms. The summed E-state index contributed by atoms with van der Waals surface area (Å²) >= 11 is 0.